The highest BCUT2D eigenvalue weighted by atomic mass is 32.1. The molecule has 1 nitrogen and oxygen atoms in total. The van der Waals surface area contributed by atoms with E-state index in [0.717, 1.165) is 17.1 Å². The van der Waals surface area contributed by atoms with E-state index in [2.05, 4.69) is 205 Å². The van der Waals surface area contributed by atoms with E-state index in [1.807, 2.05) is 11.3 Å². The van der Waals surface area contributed by atoms with Crippen LogP contribution < -0.4 is 4.90 Å². The van der Waals surface area contributed by atoms with Crippen LogP contribution in [0.3, 0.4) is 0 Å². The fraction of sp³-hybridized carbons (Fsp3) is 0. The second kappa shape index (κ2) is 12.4. The third-order valence-electron chi connectivity index (χ3n) is 11.0. The fourth-order valence-electron chi connectivity index (χ4n) is 8.47. The van der Waals surface area contributed by atoms with Crippen molar-refractivity contribution in [1.82, 2.24) is 0 Å². The monoisotopic (exact) mass is 703 g/mol. The van der Waals surface area contributed by atoms with Gasteiger partial charge in [0.25, 0.3) is 0 Å². The molecule has 1 heterocycles. The van der Waals surface area contributed by atoms with Crippen LogP contribution in [-0.2, 0) is 0 Å². The lowest BCUT2D eigenvalue weighted by Crippen LogP contribution is -2.09. The molecule has 0 amide bonds. The molecule has 0 N–H and O–H groups in total. The highest BCUT2D eigenvalue weighted by Gasteiger charge is 2.17. The molecule has 1 aromatic heterocycles. The van der Waals surface area contributed by atoms with Gasteiger partial charge in [-0.15, -0.1) is 11.3 Å². The second-order valence-electron chi connectivity index (χ2n) is 14.1. The maximum atomic E-state index is 2.40. The lowest BCUT2D eigenvalue weighted by molar-refractivity contribution is 1.29. The minimum atomic E-state index is 1.12. The molecule has 252 valence electrons. The number of fused-ring (bicyclic) bond motifs is 9. The number of hydrogen-bond acceptors (Lipinski definition) is 2. The third-order valence-corrected chi connectivity index (χ3v) is 12.2. The maximum absolute atomic E-state index is 2.40. The second-order valence-corrected chi connectivity index (χ2v) is 15.2. The zero-order valence-corrected chi connectivity index (χ0v) is 30.2. The SMILES string of the molecule is c1ccc2c(c1)cc(-c1ccc(N(c3ccc(-c4cc5ccccc5c5ccccc45)cc3)c3ccc4c(c3)sc3ccccc34)cc1)c1ccccc12. The van der Waals surface area contributed by atoms with E-state index >= 15 is 0 Å². The summed E-state index contributed by atoms with van der Waals surface area (Å²) in [5.41, 5.74) is 8.30. The predicted molar refractivity (Wildman–Crippen MR) is 235 cm³/mol. The Hall–Kier alpha value is -6.74. The van der Waals surface area contributed by atoms with Gasteiger partial charge in [0.2, 0.25) is 0 Å². The fourth-order valence-corrected chi connectivity index (χ4v) is 9.61. The highest BCUT2D eigenvalue weighted by molar-refractivity contribution is 7.25. The van der Waals surface area contributed by atoms with E-state index in [1.54, 1.807) is 0 Å². The molecule has 11 aromatic rings. The molecular formula is C52H33NS. The molecule has 0 radical (unpaired) electrons. The van der Waals surface area contributed by atoms with Gasteiger partial charge in [0, 0.05) is 37.2 Å². The van der Waals surface area contributed by atoms with Crippen molar-refractivity contribution >= 4 is 91.7 Å². The van der Waals surface area contributed by atoms with E-state index < -0.39 is 0 Å². The molecule has 0 aliphatic rings. The maximum Gasteiger partial charge on any atom is 0.0476 e. The first kappa shape index (κ1) is 30.8. The van der Waals surface area contributed by atoms with Crippen LogP contribution in [0, 0.1) is 0 Å². The van der Waals surface area contributed by atoms with Crippen LogP contribution in [0.1, 0.15) is 0 Å². The Morgan fingerprint density at radius 3 is 1.22 bits per heavy atom. The molecule has 0 aliphatic carbocycles. The molecule has 11 rings (SSSR count). The van der Waals surface area contributed by atoms with Crippen LogP contribution in [0.25, 0.3) is 85.5 Å². The molecule has 0 saturated heterocycles. The predicted octanol–water partition coefficient (Wildman–Crippen LogP) is 15.5. The van der Waals surface area contributed by atoms with Crippen molar-refractivity contribution in [3.8, 4) is 22.3 Å². The molecule has 10 aromatic carbocycles. The molecular weight excluding hydrogens is 671 g/mol. The van der Waals surface area contributed by atoms with Gasteiger partial charge < -0.3 is 4.90 Å². The zero-order valence-electron chi connectivity index (χ0n) is 29.4. The molecule has 54 heavy (non-hydrogen) atoms. The number of anilines is 3. The smallest absolute Gasteiger partial charge is 0.0476 e. The Labute approximate surface area is 317 Å². The van der Waals surface area contributed by atoms with Gasteiger partial charge in [-0.2, -0.15) is 0 Å². The quantitative estimate of drug-likeness (QED) is 0.161. The Balaban J connectivity index is 1.05. The molecule has 2 heteroatoms. The first-order chi connectivity index (χ1) is 26.8. The van der Waals surface area contributed by atoms with Crippen molar-refractivity contribution in [2.75, 3.05) is 4.90 Å². The minimum absolute atomic E-state index is 1.12. The summed E-state index contributed by atoms with van der Waals surface area (Å²) in [5, 5.41) is 12.8. The van der Waals surface area contributed by atoms with Crippen LogP contribution >= 0.6 is 11.3 Å². The summed E-state index contributed by atoms with van der Waals surface area (Å²) in [6.45, 7) is 0. The van der Waals surface area contributed by atoms with Gasteiger partial charge in [-0.3, -0.25) is 0 Å². The first-order valence-electron chi connectivity index (χ1n) is 18.5. The molecule has 0 saturated carbocycles. The molecule has 0 aliphatic heterocycles. The van der Waals surface area contributed by atoms with Gasteiger partial charge in [0.05, 0.1) is 0 Å². The summed E-state index contributed by atoms with van der Waals surface area (Å²) in [6, 6.07) is 73.5. The van der Waals surface area contributed by atoms with E-state index in [9.17, 15) is 0 Å². The van der Waals surface area contributed by atoms with Crippen molar-refractivity contribution in [2.45, 2.75) is 0 Å². The average molecular weight is 704 g/mol. The summed E-state index contributed by atoms with van der Waals surface area (Å²) in [6.07, 6.45) is 0. The summed E-state index contributed by atoms with van der Waals surface area (Å²) in [7, 11) is 0. The van der Waals surface area contributed by atoms with Crippen molar-refractivity contribution in [2.24, 2.45) is 0 Å². The lowest BCUT2D eigenvalue weighted by atomic mass is 9.93. The molecule has 0 atom stereocenters. The first-order valence-corrected chi connectivity index (χ1v) is 19.3. The van der Waals surface area contributed by atoms with Crippen molar-refractivity contribution in [3.05, 3.63) is 200 Å². The van der Waals surface area contributed by atoms with Crippen LogP contribution in [0.2, 0.25) is 0 Å². The number of thiophene rings is 1. The van der Waals surface area contributed by atoms with Crippen LogP contribution in [0.15, 0.2) is 200 Å². The van der Waals surface area contributed by atoms with Crippen molar-refractivity contribution in [1.29, 1.82) is 0 Å². The number of hydrogen-bond donors (Lipinski definition) is 0. The summed E-state index contributed by atoms with van der Waals surface area (Å²) >= 11 is 1.86. The van der Waals surface area contributed by atoms with Gasteiger partial charge in [-0.25, -0.2) is 0 Å². The zero-order chi connectivity index (χ0) is 35.6. The third kappa shape index (κ3) is 4.99. The van der Waals surface area contributed by atoms with Crippen LogP contribution in [0.4, 0.5) is 17.1 Å². The summed E-state index contributed by atoms with van der Waals surface area (Å²) < 4.78 is 2.60. The molecule has 0 fully saturated rings. The average Bonchev–Trinajstić information content (AvgIpc) is 3.62. The summed E-state index contributed by atoms with van der Waals surface area (Å²) in [4.78, 5) is 2.40. The van der Waals surface area contributed by atoms with E-state index in [0.29, 0.717) is 0 Å². The standard InChI is InChI=1S/C52H33NS/c1-3-13-41-36(11-1)31-49(45-17-7-5-15-43(41)45)34-21-25-38(26-22-34)53(40-29-30-48-47-19-9-10-20-51(47)54-52(48)33-40)39-27-23-35(24-28-39)50-32-37-12-2-4-14-42(37)44-16-6-8-18-46(44)50/h1-33H. The number of rotatable bonds is 5. The minimum Gasteiger partial charge on any atom is -0.310 e. The van der Waals surface area contributed by atoms with Gasteiger partial charge in [-0.05, 0) is 120 Å². The molecule has 0 unspecified atom stereocenters. The Kier molecular flexibility index (Phi) is 7.11. The largest absolute Gasteiger partial charge is 0.310 e. The van der Waals surface area contributed by atoms with E-state index in [4.69, 9.17) is 0 Å². The van der Waals surface area contributed by atoms with Gasteiger partial charge in [-0.1, -0.05) is 146 Å². The normalized spacial score (nSPS) is 11.7. The van der Waals surface area contributed by atoms with Gasteiger partial charge in [0.1, 0.15) is 0 Å². The highest BCUT2D eigenvalue weighted by Crippen LogP contribution is 2.43. The molecule has 0 bridgehead atoms. The Morgan fingerprint density at radius 1 is 0.278 bits per heavy atom. The van der Waals surface area contributed by atoms with Crippen LogP contribution in [-0.4, -0.2) is 0 Å². The summed E-state index contributed by atoms with van der Waals surface area (Å²) in [5.74, 6) is 0. The van der Waals surface area contributed by atoms with Crippen molar-refractivity contribution < 1.29 is 0 Å². The Morgan fingerprint density at radius 2 is 0.685 bits per heavy atom. The number of nitrogens with zero attached hydrogens (tertiary/aromatic N) is 1. The van der Waals surface area contributed by atoms with Gasteiger partial charge in [0.15, 0.2) is 0 Å². The lowest BCUT2D eigenvalue weighted by Gasteiger charge is -2.26. The van der Waals surface area contributed by atoms with Crippen LogP contribution in [0.5, 0.6) is 0 Å². The Bertz CT molecular complexity index is 3050. The number of benzene rings is 10. The van der Waals surface area contributed by atoms with Crippen molar-refractivity contribution in [3.63, 3.8) is 0 Å². The van der Waals surface area contributed by atoms with Gasteiger partial charge >= 0.3 is 0 Å². The van der Waals surface area contributed by atoms with E-state index in [1.165, 1.54) is 85.5 Å². The molecule has 0 spiro atoms. The van der Waals surface area contributed by atoms with E-state index in [-0.39, 0.29) is 0 Å². The topological polar surface area (TPSA) is 3.24 Å².